The molecule has 138 valence electrons. The number of ketones is 1. The molecule has 0 atom stereocenters. The lowest BCUT2D eigenvalue weighted by Gasteiger charge is -2.11. The van der Waals surface area contributed by atoms with Gasteiger partial charge in [-0.05, 0) is 18.6 Å². The molecular weight excluding hydrogens is 402 g/mol. The quantitative estimate of drug-likeness (QED) is 0.291. The Morgan fingerprint density at radius 1 is 1.15 bits per heavy atom. The molecule has 0 spiro atoms. The van der Waals surface area contributed by atoms with E-state index in [1.165, 1.54) is 6.07 Å². The number of carbonyl (C=O) groups excluding carboxylic acids is 2. The fraction of sp³-hybridized carbons (Fsp3) is 0.316. The first-order chi connectivity index (χ1) is 12.6. The van der Waals surface area contributed by atoms with E-state index >= 15 is 0 Å². The van der Waals surface area contributed by atoms with Crippen LogP contribution in [0.2, 0.25) is 0 Å². The molecule has 0 amide bonds. The van der Waals surface area contributed by atoms with E-state index in [2.05, 4.69) is 20.9 Å². The Balaban J connectivity index is 2.14. The van der Waals surface area contributed by atoms with Crippen LogP contribution in [-0.4, -0.2) is 35.3 Å². The van der Waals surface area contributed by atoms with E-state index in [1.807, 2.05) is 30.3 Å². The minimum absolute atomic E-state index is 0.00210. The highest BCUT2D eigenvalue weighted by Gasteiger charge is 2.19. The van der Waals surface area contributed by atoms with Crippen molar-refractivity contribution in [3.8, 4) is 0 Å². The molecule has 0 unspecified atom stereocenters. The third kappa shape index (κ3) is 5.37. The highest BCUT2D eigenvalue weighted by Crippen LogP contribution is 2.11. The highest BCUT2D eigenvalue weighted by molar-refractivity contribution is 9.09. The molecule has 26 heavy (non-hydrogen) atoms. The van der Waals surface area contributed by atoms with Crippen LogP contribution in [0, 0.1) is 0 Å². The van der Waals surface area contributed by atoms with Crippen molar-refractivity contribution >= 4 is 27.7 Å². The molecule has 7 heteroatoms. The number of H-pyrrole nitrogens is 1. The summed E-state index contributed by atoms with van der Waals surface area (Å²) in [5, 5.41) is -0.00210. The number of hydrogen-bond donors (Lipinski definition) is 1. The van der Waals surface area contributed by atoms with Crippen LogP contribution < -0.4 is 5.56 Å². The maximum absolute atomic E-state index is 12.2. The minimum Gasteiger partial charge on any atom is -0.462 e. The van der Waals surface area contributed by atoms with Gasteiger partial charge in [0.1, 0.15) is 0 Å². The van der Waals surface area contributed by atoms with Gasteiger partial charge < -0.3 is 14.5 Å². The van der Waals surface area contributed by atoms with Crippen molar-refractivity contribution in [1.82, 2.24) is 4.98 Å². The number of carbonyl (C=O) groups is 2. The number of Topliss-reactive ketones (excluding diaryl/α,β-unsaturated/α-hetero) is 1. The number of alkyl halides is 1. The maximum Gasteiger partial charge on any atom is 0.339 e. The Bertz CT molecular complexity index is 816. The predicted molar refractivity (Wildman–Crippen MR) is 101 cm³/mol. The molecule has 0 aliphatic carbocycles. The lowest BCUT2D eigenvalue weighted by Crippen LogP contribution is -2.24. The van der Waals surface area contributed by atoms with Gasteiger partial charge in [0.2, 0.25) is 0 Å². The number of halogens is 1. The van der Waals surface area contributed by atoms with Gasteiger partial charge >= 0.3 is 5.97 Å². The van der Waals surface area contributed by atoms with Crippen LogP contribution in [0.25, 0.3) is 0 Å². The summed E-state index contributed by atoms with van der Waals surface area (Å²) in [6.45, 7) is 2.63. The van der Waals surface area contributed by atoms with Crippen molar-refractivity contribution in [1.29, 1.82) is 0 Å². The standard InChI is InChI=1S/C19H20BrNO5/c1-2-26-19(24)14-10-15(17(22)11-20)18(23)21-16(14)8-9-25-12-13-6-4-3-5-7-13/h3-7,10H,2,8-9,11-12H2,1H3,(H,21,23). The zero-order valence-electron chi connectivity index (χ0n) is 14.4. The fourth-order valence-corrected chi connectivity index (χ4v) is 2.68. The van der Waals surface area contributed by atoms with Crippen LogP contribution in [0.5, 0.6) is 0 Å². The maximum atomic E-state index is 12.2. The predicted octanol–water partition coefficient (Wildman–Crippen LogP) is 2.89. The van der Waals surface area contributed by atoms with E-state index in [-0.39, 0.29) is 23.1 Å². The number of benzene rings is 1. The van der Waals surface area contributed by atoms with Crippen LogP contribution in [0.1, 0.15) is 38.9 Å². The van der Waals surface area contributed by atoms with Crippen LogP contribution in [0.15, 0.2) is 41.2 Å². The van der Waals surface area contributed by atoms with Crippen LogP contribution in [0.3, 0.4) is 0 Å². The average Bonchev–Trinajstić information content (AvgIpc) is 2.65. The summed E-state index contributed by atoms with van der Waals surface area (Å²) in [6.07, 6.45) is 0.318. The van der Waals surface area contributed by atoms with Gasteiger partial charge in [0, 0.05) is 12.1 Å². The number of aromatic amines is 1. The second-order valence-electron chi connectivity index (χ2n) is 5.47. The van der Waals surface area contributed by atoms with Crippen LogP contribution >= 0.6 is 15.9 Å². The minimum atomic E-state index is -0.578. The van der Waals surface area contributed by atoms with Gasteiger partial charge in [-0.15, -0.1) is 0 Å². The third-order valence-electron chi connectivity index (χ3n) is 3.65. The molecule has 0 saturated carbocycles. The van der Waals surface area contributed by atoms with Crippen molar-refractivity contribution in [2.75, 3.05) is 18.5 Å². The molecule has 0 fully saturated rings. The van der Waals surface area contributed by atoms with Gasteiger partial charge in [0.15, 0.2) is 5.78 Å². The second-order valence-corrected chi connectivity index (χ2v) is 6.03. The molecule has 2 aromatic rings. The number of nitrogens with one attached hydrogen (secondary N) is 1. The first-order valence-corrected chi connectivity index (χ1v) is 9.33. The van der Waals surface area contributed by atoms with E-state index in [1.54, 1.807) is 6.92 Å². The van der Waals surface area contributed by atoms with Gasteiger partial charge in [-0.2, -0.15) is 0 Å². The highest BCUT2D eigenvalue weighted by atomic mass is 79.9. The Morgan fingerprint density at radius 3 is 2.54 bits per heavy atom. The zero-order chi connectivity index (χ0) is 18.9. The summed E-state index contributed by atoms with van der Waals surface area (Å²) in [5.74, 6) is -0.978. The Kier molecular flexibility index (Phi) is 7.74. The van der Waals surface area contributed by atoms with Crippen molar-refractivity contribution < 1.29 is 19.1 Å². The molecule has 1 heterocycles. The van der Waals surface area contributed by atoms with Gasteiger partial charge in [0.05, 0.1) is 36.3 Å². The van der Waals surface area contributed by atoms with E-state index in [0.29, 0.717) is 25.3 Å². The molecule has 0 saturated heterocycles. The summed E-state index contributed by atoms with van der Waals surface area (Å²) in [6, 6.07) is 11.0. The molecule has 0 radical (unpaired) electrons. The largest absolute Gasteiger partial charge is 0.462 e. The molecular formula is C19H20BrNO5. The van der Waals surface area contributed by atoms with E-state index in [0.717, 1.165) is 5.56 Å². The van der Waals surface area contributed by atoms with Crippen LogP contribution in [-0.2, 0) is 22.5 Å². The topological polar surface area (TPSA) is 85.5 Å². The molecule has 1 aromatic heterocycles. The Morgan fingerprint density at radius 2 is 1.88 bits per heavy atom. The average molecular weight is 422 g/mol. The third-order valence-corrected chi connectivity index (χ3v) is 4.16. The van der Waals surface area contributed by atoms with Gasteiger partial charge in [-0.3, -0.25) is 9.59 Å². The van der Waals surface area contributed by atoms with Crippen molar-refractivity contribution in [2.24, 2.45) is 0 Å². The second kappa shape index (κ2) is 10.0. The molecule has 6 nitrogen and oxygen atoms in total. The smallest absolute Gasteiger partial charge is 0.339 e. The zero-order valence-corrected chi connectivity index (χ0v) is 16.0. The molecule has 0 aliphatic heterocycles. The lowest BCUT2D eigenvalue weighted by molar-refractivity contribution is 0.0523. The number of aromatic nitrogens is 1. The number of hydrogen-bond acceptors (Lipinski definition) is 5. The number of ether oxygens (including phenoxy) is 2. The number of rotatable bonds is 9. The summed E-state index contributed by atoms with van der Waals surface area (Å²) < 4.78 is 10.6. The summed E-state index contributed by atoms with van der Waals surface area (Å²) >= 11 is 3.03. The van der Waals surface area contributed by atoms with E-state index < -0.39 is 17.3 Å². The number of esters is 1. The molecule has 2 rings (SSSR count). The summed E-state index contributed by atoms with van der Waals surface area (Å²) in [7, 11) is 0. The van der Waals surface area contributed by atoms with Gasteiger partial charge in [-0.25, -0.2) is 4.79 Å². The molecule has 0 bridgehead atoms. The van der Waals surface area contributed by atoms with Crippen molar-refractivity contribution in [3.05, 3.63) is 69.1 Å². The van der Waals surface area contributed by atoms with Gasteiger partial charge in [0.25, 0.3) is 5.56 Å². The van der Waals surface area contributed by atoms with Crippen molar-refractivity contribution in [2.45, 2.75) is 20.0 Å². The van der Waals surface area contributed by atoms with Crippen molar-refractivity contribution in [3.63, 3.8) is 0 Å². The number of pyridine rings is 1. The Hall–Kier alpha value is -2.25. The normalized spacial score (nSPS) is 10.5. The lowest BCUT2D eigenvalue weighted by atomic mass is 10.1. The van der Waals surface area contributed by atoms with E-state index in [9.17, 15) is 14.4 Å². The first kappa shape index (κ1) is 20.1. The SMILES string of the molecule is CCOC(=O)c1cc(C(=O)CBr)c(=O)[nH]c1CCOCc1ccccc1. The molecule has 1 aromatic carbocycles. The first-order valence-electron chi connectivity index (χ1n) is 8.21. The monoisotopic (exact) mass is 421 g/mol. The molecule has 0 aliphatic rings. The summed E-state index contributed by atoms with van der Waals surface area (Å²) in [4.78, 5) is 38.8. The fourth-order valence-electron chi connectivity index (χ4n) is 2.37. The Labute approximate surface area is 159 Å². The van der Waals surface area contributed by atoms with E-state index in [4.69, 9.17) is 9.47 Å². The van der Waals surface area contributed by atoms with Gasteiger partial charge in [-0.1, -0.05) is 46.3 Å². The summed E-state index contributed by atoms with van der Waals surface area (Å²) in [5.41, 5.74) is 1.01. The molecule has 1 N–H and O–H groups in total. The van der Waals surface area contributed by atoms with Crippen LogP contribution in [0.4, 0.5) is 0 Å².